The van der Waals surface area contributed by atoms with Crippen molar-refractivity contribution in [2.45, 2.75) is 116 Å². The van der Waals surface area contributed by atoms with Crippen molar-refractivity contribution < 1.29 is 29.0 Å². The number of hydrogen-bond donors (Lipinski definition) is 3. The predicted octanol–water partition coefficient (Wildman–Crippen LogP) is 8.03. The Morgan fingerprint density at radius 3 is 1.65 bits per heavy atom. The summed E-state index contributed by atoms with van der Waals surface area (Å²) in [4.78, 5) is 48.5. The van der Waals surface area contributed by atoms with Gasteiger partial charge in [0.1, 0.15) is 11.6 Å². The normalized spacial score (nSPS) is 14.3. The van der Waals surface area contributed by atoms with Gasteiger partial charge in [-0.1, -0.05) is 101 Å². The fourth-order valence-corrected chi connectivity index (χ4v) is 6.74. The van der Waals surface area contributed by atoms with E-state index in [0.29, 0.717) is 6.42 Å². The smallest absolute Gasteiger partial charge is 0.308 e. The van der Waals surface area contributed by atoms with Gasteiger partial charge in [-0.15, -0.1) is 0 Å². The molecule has 0 aromatic rings. The number of esters is 1. The second-order valence-electron chi connectivity index (χ2n) is 12.1. The van der Waals surface area contributed by atoms with Gasteiger partial charge in [0.15, 0.2) is 0 Å². The number of carboxylic acids is 1. The lowest BCUT2D eigenvalue weighted by Crippen LogP contribution is -2.46. The van der Waals surface area contributed by atoms with Crippen LogP contribution in [-0.4, -0.2) is 51.0 Å². The van der Waals surface area contributed by atoms with Crippen LogP contribution in [-0.2, 0) is 23.9 Å². The molecule has 0 saturated heterocycles. The Bertz CT molecular complexity index is 1100. The zero-order valence-electron chi connectivity index (χ0n) is 28.5. The lowest BCUT2D eigenvalue weighted by atomic mass is 9.91. The molecule has 0 aliphatic carbocycles. The molecule has 2 atom stereocenters. The summed E-state index contributed by atoms with van der Waals surface area (Å²) < 4.78 is 4.43. The molecule has 0 fully saturated rings. The summed E-state index contributed by atoms with van der Waals surface area (Å²) in [7, 11) is 2.46. The predicted molar refractivity (Wildman–Crippen MR) is 194 cm³/mol. The fourth-order valence-electron chi connectivity index (χ4n) is 3.81. The van der Waals surface area contributed by atoms with Crippen LogP contribution in [0.2, 0.25) is 0 Å². The van der Waals surface area contributed by atoms with Gasteiger partial charge < -0.3 is 20.9 Å². The molecule has 0 bridgehead atoms. The summed E-state index contributed by atoms with van der Waals surface area (Å²) in [6, 6.07) is -0.903. The van der Waals surface area contributed by atoms with Crippen molar-refractivity contribution in [3.63, 3.8) is 0 Å². The summed E-state index contributed by atoms with van der Waals surface area (Å²) >= 11 is 0. The third-order valence-corrected chi connectivity index (χ3v) is 9.60. The summed E-state index contributed by atoms with van der Waals surface area (Å²) in [5.41, 5.74) is 4.79. The molecule has 0 spiro atoms. The second kappa shape index (κ2) is 25.2. The minimum atomic E-state index is -1.11. The average molecular weight is 677 g/mol. The highest BCUT2D eigenvalue weighted by Gasteiger charge is 2.39. The lowest BCUT2D eigenvalue weighted by molar-refractivity contribution is -0.160. The first-order valence-electron chi connectivity index (χ1n) is 15.9. The SMILES string of the molecule is CC/C=C\C/C=C\C/C=C\C/C=C\C/C=C\C/C=C\CCC(=O)N[C@@H](CSSC(C)(C)[C@H](CC(=O)OC(C)(C)C)C(=O)O)C(N)=O. The van der Waals surface area contributed by atoms with Gasteiger partial charge >= 0.3 is 11.9 Å². The average Bonchev–Trinajstić information content (AvgIpc) is 2.95. The van der Waals surface area contributed by atoms with Crippen LogP contribution in [0.15, 0.2) is 72.9 Å². The van der Waals surface area contributed by atoms with Gasteiger partial charge in [0.05, 0.1) is 12.3 Å². The van der Waals surface area contributed by atoms with E-state index < -0.39 is 40.2 Å². The van der Waals surface area contributed by atoms with E-state index in [1.165, 1.54) is 21.6 Å². The van der Waals surface area contributed by atoms with Crippen LogP contribution in [0.25, 0.3) is 0 Å². The largest absolute Gasteiger partial charge is 0.481 e. The molecule has 0 aliphatic heterocycles. The Hall–Kier alpha value is -2.98. The first kappa shape index (κ1) is 43.0. The van der Waals surface area contributed by atoms with Crippen LogP contribution in [0, 0.1) is 5.92 Å². The number of hydrogen-bond acceptors (Lipinski definition) is 7. The maximum absolute atomic E-state index is 12.4. The molecule has 0 heterocycles. The number of amides is 2. The van der Waals surface area contributed by atoms with Crippen LogP contribution in [0.5, 0.6) is 0 Å². The first-order valence-corrected chi connectivity index (χ1v) is 18.2. The van der Waals surface area contributed by atoms with Gasteiger partial charge in [0.2, 0.25) is 11.8 Å². The van der Waals surface area contributed by atoms with Gasteiger partial charge in [-0.25, -0.2) is 0 Å². The molecule has 0 radical (unpaired) electrons. The third kappa shape index (κ3) is 24.3. The molecule has 4 N–H and O–H groups in total. The molecule has 0 rings (SSSR count). The Kier molecular flexibility index (Phi) is 23.5. The minimum absolute atomic E-state index is 0.161. The first-order chi connectivity index (χ1) is 21.7. The molecular formula is C36H56N2O6S2. The zero-order valence-corrected chi connectivity index (χ0v) is 30.2. The van der Waals surface area contributed by atoms with E-state index in [-0.39, 0.29) is 24.5 Å². The molecule has 8 nitrogen and oxygen atoms in total. The summed E-state index contributed by atoms with van der Waals surface area (Å²) in [5.74, 6) is -3.51. The third-order valence-electron chi connectivity index (χ3n) is 6.25. The monoisotopic (exact) mass is 676 g/mol. The zero-order chi connectivity index (χ0) is 34.8. The van der Waals surface area contributed by atoms with Gasteiger partial charge in [0.25, 0.3) is 0 Å². The van der Waals surface area contributed by atoms with Gasteiger partial charge in [-0.3, -0.25) is 19.2 Å². The Morgan fingerprint density at radius 1 is 0.783 bits per heavy atom. The number of primary amides is 1. The summed E-state index contributed by atoms with van der Waals surface area (Å²) in [6.07, 6.45) is 31.5. The van der Waals surface area contributed by atoms with E-state index in [1.54, 1.807) is 34.6 Å². The summed E-state index contributed by atoms with van der Waals surface area (Å²) in [5, 5.41) is 12.4. The van der Waals surface area contributed by atoms with E-state index in [9.17, 15) is 24.3 Å². The number of rotatable bonds is 24. The van der Waals surface area contributed by atoms with Gasteiger partial charge in [-0.2, -0.15) is 0 Å². The van der Waals surface area contributed by atoms with E-state index in [4.69, 9.17) is 10.5 Å². The second-order valence-corrected chi connectivity index (χ2v) is 15.1. The fraction of sp³-hybridized carbons (Fsp3) is 0.556. The molecule has 10 heteroatoms. The van der Waals surface area contributed by atoms with Gasteiger partial charge in [0, 0.05) is 16.9 Å². The Morgan fingerprint density at radius 2 is 1.24 bits per heavy atom. The molecule has 0 saturated carbocycles. The van der Waals surface area contributed by atoms with Crippen molar-refractivity contribution in [2.75, 3.05) is 5.75 Å². The maximum atomic E-state index is 12.4. The molecule has 2 amide bonds. The van der Waals surface area contributed by atoms with E-state index in [2.05, 4.69) is 73.0 Å². The number of nitrogens with one attached hydrogen (secondary N) is 1. The van der Waals surface area contributed by atoms with Crippen molar-refractivity contribution in [1.82, 2.24) is 5.32 Å². The minimum Gasteiger partial charge on any atom is -0.481 e. The number of aliphatic carboxylic acids is 1. The molecule has 0 unspecified atom stereocenters. The number of carboxylic acid groups (broad SMARTS) is 1. The van der Waals surface area contributed by atoms with Crippen molar-refractivity contribution in [3.8, 4) is 0 Å². The van der Waals surface area contributed by atoms with E-state index >= 15 is 0 Å². The summed E-state index contributed by atoms with van der Waals surface area (Å²) in [6.45, 7) is 10.7. The molecule has 258 valence electrons. The van der Waals surface area contributed by atoms with Crippen LogP contribution in [0.1, 0.15) is 99.3 Å². The van der Waals surface area contributed by atoms with Crippen LogP contribution < -0.4 is 11.1 Å². The molecular weight excluding hydrogens is 621 g/mol. The molecule has 46 heavy (non-hydrogen) atoms. The number of carbonyl (C=O) groups excluding carboxylic acids is 3. The highest BCUT2D eigenvalue weighted by Crippen LogP contribution is 2.42. The quantitative estimate of drug-likeness (QED) is 0.0531. The van der Waals surface area contributed by atoms with Crippen molar-refractivity contribution in [2.24, 2.45) is 11.7 Å². The van der Waals surface area contributed by atoms with Crippen LogP contribution in [0.4, 0.5) is 0 Å². The van der Waals surface area contributed by atoms with E-state index in [1.807, 2.05) is 12.2 Å². The van der Waals surface area contributed by atoms with E-state index in [0.717, 1.165) is 38.5 Å². The highest BCUT2D eigenvalue weighted by molar-refractivity contribution is 8.77. The molecule has 0 aromatic heterocycles. The van der Waals surface area contributed by atoms with Crippen molar-refractivity contribution in [3.05, 3.63) is 72.9 Å². The van der Waals surface area contributed by atoms with Crippen molar-refractivity contribution in [1.29, 1.82) is 0 Å². The standard InChI is InChI=1S/C36H56N2O6S2/c1-7-8-9-10-11-12-13-14-15-16-17-18-19-20-21-22-23-24-25-26-31(39)38-30(33(37)41)28-45-46-36(5,6)29(34(42)43)27-32(40)44-35(2,3)4/h8-9,11-12,14-15,17-18,20-21,23-24,29-30H,7,10,13,16,19,22,25-28H2,1-6H3,(H2,37,41)(H,38,39)(H,42,43)/b9-8-,12-11-,15-14-,18-17-,21-20-,24-23-/t29-,30+/m1/s1. The van der Waals surface area contributed by atoms with Crippen LogP contribution >= 0.6 is 21.6 Å². The Balaban J connectivity index is 4.39. The van der Waals surface area contributed by atoms with Crippen molar-refractivity contribution >= 4 is 45.3 Å². The number of carbonyl (C=O) groups is 4. The topological polar surface area (TPSA) is 136 Å². The number of ether oxygens (including phenoxy) is 1. The van der Waals surface area contributed by atoms with Crippen LogP contribution in [0.3, 0.4) is 0 Å². The van der Waals surface area contributed by atoms with Gasteiger partial charge in [-0.05, 0) is 79.6 Å². The number of allylic oxidation sites excluding steroid dienone is 12. The maximum Gasteiger partial charge on any atom is 0.308 e. The number of nitrogens with two attached hydrogens (primary N) is 1. The Labute approximate surface area is 284 Å². The lowest BCUT2D eigenvalue weighted by Gasteiger charge is -2.31. The molecule has 0 aromatic carbocycles. The highest BCUT2D eigenvalue weighted by atomic mass is 33.1. The molecule has 0 aliphatic rings.